The van der Waals surface area contributed by atoms with Crippen molar-refractivity contribution in [2.45, 2.75) is 32.2 Å². The Kier molecular flexibility index (Phi) is 5.35. The van der Waals surface area contributed by atoms with Crippen LogP contribution in [0.3, 0.4) is 0 Å². The van der Waals surface area contributed by atoms with E-state index in [-0.39, 0.29) is 17.9 Å². The SMILES string of the molecule is CCc1ccc(NC(=O)N2CCC[C@H]2c2nc3cc(-c4ccc(F)cc4)ccc3o2)cc1. The van der Waals surface area contributed by atoms with Crippen LogP contribution in [0.2, 0.25) is 0 Å². The first-order valence-electron chi connectivity index (χ1n) is 10.9. The predicted molar refractivity (Wildman–Crippen MR) is 123 cm³/mol. The first-order valence-corrected chi connectivity index (χ1v) is 10.9. The molecule has 1 aliphatic rings. The van der Waals surface area contributed by atoms with Gasteiger partial charge in [0.1, 0.15) is 17.4 Å². The van der Waals surface area contributed by atoms with Gasteiger partial charge in [0.05, 0.1) is 0 Å². The number of nitrogens with zero attached hydrogens (tertiary/aromatic N) is 2. The molecule has 1 aliphatic heterocycles. The number of aromatic nitrogens is 1. The van der Waals surface area contributed by atoms with E-state index in [1.165, 1.54) is 17.7 Å². The minimum absolute atomic E-state index is 0.147. The number of halogens is 1. The molecule has 0 aliphatic carbocycles. The Morgan fingerprint density at radius 1 is 1.09 bits per heavy atom. The number of carbonyl (C=O) groups is 1. The van der Waals surface area contributed by atoms with Gasteiger partial charge in [0.15, 0.2) is 5.58 Å². The number of likely N-dealkylation sites (tertiary alicyclic amines) is 1. The first-order chi connectivity index (χ1) is 15.6. The molecular formula is C26H24FN3O2. The maximum atomic E-state index is 13.2. The monoisotopic (exact) mass is 429 g/mol. The Hall–Kier alpha value is -3.67. The van der Waals surface area contributed by atoms with Crippen LogP contribution in [-0.2, 0) is 6.42 Å². The second kappa shape index (κ2) is 8.46. The summed E-state index contributed by atoms with van der Waals surface area (Å²) in [5.41, 5.74) is 5.26. The minimum Gasteiger partial charge on any atom is -0.438 e. The van der Waals surface area contributed by atoms with Crippen molar-refractivity contribution >= 4 is 22.8 Å². The van der Waals surface area contributed by atoms with Crippen molar-refractivity contribution in [3.8, 4) is 11.1 Å². The summed E-state index contributed by atoms with van der Waals surface area (Å²) >= 11 is 0. The highest BCUT2D eigenvalue weighted by Crippen LogP contribution is 2.34. The molecule has 5 rings (SSSR count). The number of hydrogen-bond acceptors (Lipinski definition) is 3. The third-order valence-corrected chi connectivity index (χ3v) is 5.99. The highest BCUT2D eigenvalue weighted by molar-refractivity contribution is 5.90. The highest BCUT2D eigenvalue weighted by atomic mass is 19.1. The van der Waals surface area contributed by atoms with Crippen molar-refractivity contribution in [3.05, 3.63) is 84.0 Å². The van der Waals surface area contributed by atoms with Crippen LogP contribution in [0.5, 0.6) is 0 Å². The molecule has 2 heterocycles. The number of oxazole rings is 1. The molecule has 1 saturated heterocycles. The molecule has 2 amide bonds. The number of nitrogens with one attached hydrogen (secondary N) is 1. The van der Waals surface area contributed by atoms with E-state index >= 15 is 0 Å². The summed E-state index contributed by atoms with van der Waals surface area (Å²) in [7, 11) is 0. The van der Waals surface area contributed by atoms with Gasteiger partial charge in [0.2, 0.25) is 5.89 Å². The molecule has 0 unspecified atom stereocenters. The lowest BCUT2D eigenvalue weighted by Gasteiger charge is -2.22. The summed E-state index contributed by atoms with van der Waals surface area (Å²) in [4.78, 5) is 19.4. The second-order valence-corrected chi connectivity index (χ2v) is 8.07. The molecule has 32 heavy (non-hydrogen) atoms. The molecule has 1 fully saturated rings. The zero-order valence-electron chi connectivity index (χ0n) is 17.8. The van der Waals surface area contributed by atoms with E-state index in [1.54, 1.807) is 17.0 Å². The molecule has 5 nitrogen and oxygen atoms in total. The number of fused-ring (bicyclic) bond motifs is 1. The zero-order valence-corrected chi connectivity index (χ0v) is 17.8. The molecule has 0 bridgehead atoms. The number of carbonyl (C=O) groups excluding carboxylic acids is 1. The third kappa shape index (κ3) is 3.96. The van der Waals surface area contributed by atoms with E-state index < -0.39 is 0 Å². The molecule has 1 aromatic heterocycles. The maximum absolute atomic E-state index is 13.2. The van der Waals surface area contributed by atoms with Crippen LogP contribution >= 0.6 is 0 Å². The van der Waals surface area contributed by atoms with Crippen LogP contribution in [0.4, 0.5) is 14.9 Å². The number of rotatable bonds is 4. The number of aryl methyl sites for hydroxylation is 1. The van der Waals surface area contributed by atoms with Gasteiger partial charge in [-0.25, -0.2) is 14.2 Å². The fourth-order valence-corrected chi connectivity index (χ4v) is 4.20. The Morgan fingerprint density at radius 2 is 1.84 bits per heavy atom. The van der Waals surface area contributed by atoms with Crippen LogP contribution in [0.1, 0.15) is 37.3 Å². The van der Waals surface area contributed by atoms with E-state index in [1.807, 2.05) is 42.5 Å². The normalized spacial score (nSPS) is 15.9. The molecule has 0 saturated carbocycles. The average Bonchev–Trinajstić information content (AvgIpc) is 3.46. The summed E-state index contributed by atoms with van der Waals surface area (Å²) in [6, 6.07) is 19.7. The Balaban J connectivity index is 1.37. The van der Waals surface area contributed by atoms with Crippen molar-refractivity contribution in [1.29, 1.82) is 0 Å². The number of benzene rings is 3. The molecule has 3 aromatic carbocycles. The fraction of sp³-hybridized carbons (Fsp3) is 0.231. The summed E-state index contributed by atoms with van der Waals surface area (Å²) in [6.07, 6.45) is 2.66. The van der Waals surface area contributed by atoms with Gasteiger partial charge in [0, 0.05) is 12.2 Å². The molecule has 1 atom stereocenters. The van der Waals surface area contributed by atoms with Gasteiger partial charge in [-0.15, -0.1) is 0 Å². The lowest BCUT2D eigenvalue weighted by atomic mass is 10.1. The predicted octanol–water partition coefficient (Wildman–Crippen LogP) is 6.57. The Labute approximate surface area is 185 Å². The molecular weight excluding hydrogens is 405 g/mol. The molecule has 0 radical (unpaired) electrons. The summed E-state index contributed by atoms with van der Waals surface area (Å²) < 4.78 is 19.3. The van der Waals surface area contributed by atoms with Gasteiger partial charge in [-0.3, -0.25) is 0 Å². The standard InChI is InChI=1S/C26H24FN3O2/c1-2-17-5-12-21(13-6-17)28-26(31)30-15-3-4-23(30)25-29-22-16-19(9-14-24(22)32-25)18-7-10-20(27)11-8-18/h5-14,16,23H,2-4,15H2,1H3,(H,28,31)/t23-/m0/s1. The lowest BCUT2D eigenvalue weighted by molar-refractivity contribution is 0.199. The van der Waals surface area contributed by atoms with Crippen LogP contribution in [0.15, 0.2) is 71.1 Å². The van der Waals surface area contributed by atoms with Crippen LogP contribution < -0.4 is 5.32 Å². The largest absolute Gasteiger partial charge is 0.438 e. The highest BCUT2D eigenvalue weighted by Gasteiger charge is 2.33. The fourth-order valence-electron chi connectivity index (χ4n) is 4.20. The molecule has 6 heteroatoms. The quantitative estimate of drug-likeness (QED) is 0.399. The smallest absolute Gasteiger partial charge is 0.322 e. The number of hydrogen-bond donors (Lipinski definition) is 1. The van der Waals surface area contributed by atoms with E-state index in [2.05, 4.69) is 12.2 Å². The van der Waals surface area contributed by atoms with Crippen molar-refractivity contribution < 1.29 is 13.6 Å². The number of amides is 2. The lowest BCUT2D eigenvalue weighted by Crippen LogP contribution is -2.34. The van der Waals surface area contributed by atoms with Gasteiger partial charge >= 0.3 is 6.03 Å². The van der Waals surface area contributed by atoms with Gasteiger partial charge in [-0.2, -0.15) is 0 Å². The van der Waals surface area contributed by atoms with Crippen molar-refractivity contribution in [1.82, 2.24) is 9.88 Å². The van der Waals surface area contributed by atoms with Crippen LogP contribution in [0, 0.1) is 5.82 Å². The third-order valence-electron chi connectivity index (χ3n) is 5.99. The first kappa shape index (κ1) is 20.2. The van der Waals surface area contributed by atoms with Gasteiger partial charge in [0.25, 0.3) is 0 Å². The molecule has 162 valence electrons. The van der Waals surface area contributed by atoms with Gasteiger partial charge in [-0.1, -0.05) is 37.3 Å². The second-order valence-electron chi connectivity index (χ2n) is 8.07. The van der Waals surface area contributed by atoms with Crippen molar-refractivity contribution in [3.63, 3.8) is 0 Å². The van der Waals surface area contributed by atoms with Crippen LogP contribution in [0.25, 0.3) is 22.2 Å². The molecule has 0 spiro atoms. The zero-order chi connectivity index (χ0) is 22.1. The average molecular weight is 429 g/mol. The van der Waals surface area contributed by atoms with Crippen molar-refractivity contribution in [2.24, 2.45) is 0 Å². The van der Waals surface area contributed by atoms with Gasteiger partial charge < -0.3 is 14.6 Å². The topological polar surface area (TPSA) is 58.4 Å². The number of anilines is 1. The van der Waals surface area contributed by atoms with Crippen LogP contribution in [-0.4, -0.2) is 22.5 Å². The summed E-state index contributed by atoms with van der Waals surface area (Å²) in [5, 5.41) is 2.99. The van der Waals surface area contributed by atoms with E-state index in [0.717, 1.165) is 41.6 Å². The molecule has 1 N–H and O–H groups in total. The summed E-state index contributed by atoms with van der Waals surface area (Å²) in [5.74, 6) is 0.282. The minimum atomic E-state index is -0.264. The van der Waals surface area contributed by atoms with E-state index in [9.17, 15) is 9.18 Å². The van der Waals surface area contributed by atoms with Crippen molar-refractivity contribution in [2.75, 3.05) is 11.9 Å². The summed E-state index contributed by atoms with van der Waals surface area (Å²) in [6.45, 7) is 2.76. The van der Waals surface area contributed by atoms with E-state index in [4.69, 9.17) is 9.40 Å². The number of urea groups is 1. The molecule has 4 aromatic rings. The maximum Gasteiger partial charge on any atom is 0.322 e. The Morgan fingerprint density at radius 3 is 2.59 bits per heavy atom. The van der Waals surface area contributed by atoms with E-state index in [0.29, 0.717) is 18.0 Å². The Bertz CT molecular complexity index is 1250. The van der Waals surface area contributed by atoms with Gasteiger partial charge in [-0.05, 0) is 72.4 Å².